The van der Waals surface area contributed by atoms with Crippen LogP contribution in [0.4, 0.5) is 11.4 Å². The van der Waals surface area contributed by atoms with Gasteiger partial charge in [0.1, 0.15) is 0 Å². The van der Waals surface area contributed by atoms with E-state index in [4.69, 9.17) is 5.73 Å². The summed E-state index contributed by atoms with van der Waals surface area (Å²) in [5.41, 5.74) is 7.72. The summed E-state index contributed by atoms with van der Waals surface area (Å²) in [7, 11) is 4.03. The summed E-state index contributed by atoms with van der Waals surface area (Å²) in [6, 6.07) is 8.00. The van der Waals surface area contributed by atoms with Crippen LogP contribution < -0.4 is 10.6 Å². The molecule has 0 saturated heterocycles. The molecule has 0 heterocycles. The van der Waals surface area contributed by atoms with E-state index in [0.717, 1.165) is 12.1 Å². The molecule has 0 amide bonds. The molecule has 0 fully saturated rings. The first-order valence-corrected chi connectivity index (χ1v) is 4.74. The van der Waals surface area contributed by atoms with Gasteiger partial charge in [-0.05, 0) is 24.3 Å². The minimum atomic E-state index is 0.669. The average molecular weight is 191 g/mol. The number of hydrogen-bond acceptors (Lipinski definition) is 2. The van der Waals surface area contributed by atoms with Crippen LogP contribution in [0.15, 0.2) is 29.3 Å². The predicted molar refractivity (Wildman–Crippen MR) is 62.3 cm³/mol. The topological polar surface area (TPSA) is 41.6 Å². The van der Waals surface area contributed by atoms with Gasteiger partial charge in [0.25, 0.3) is 0 Å². The van der Waals surface area contributed by atoms with E-state index in [-0.39, 0.29) is 0 Å². The first-order valence-electron chi connectivity index (χ1n) is 4.74. The van der Waals surface area contributed by atoms with E-state index in [9.17, 15) is 0 Å². The lowest BCUT2D eigenvalue weighted by Crippen LogP contribution is -2.09. The standard InChI is InChI=1S/C11H17N3/c1-4-11(12)13-9-5-7-10(8-6-9)14(2)3/h5-8H,4H2,1-3H3,(H2,12,13). The lowest BCUT2D eigenvalue weighted by atomic mass is 10.2. The highest BCUT2D eigenvalue weighted by molar-refractivity contribution is 5.82. The Morgan fingerprint density at radius 2 is 1.86 bits per heavy atom. The van der Waals surface area contributed by atoms with Gasteiger partial charge in [-0.15, -0.1) is 0 Å². The fourth-order valence-corrected chi connectivity index (χ4v) is 1.07. The van der Waals surface area contributed by atoms with Crippen LogP contribution in [0.3, 0.4) is 0 Å². The van der Waals surface area contributed by atoms with E-state index < -0.39 is 0 Å². The number of nitrogens with zero attached hydrogens (tertiary/aromatic N) is 2. The van der Waals surface area contributed by atoms with Crippen molar-refractivity contribution in [2.24, 2.45) is 10.7 Å². The van der Waals surface area contributed by atoms with Crippen molar-refractivity contribution in [3.8, 4) is 0 Å². The Labute approximate surface area is 85.3 Å². The van der Waals surface area contributed by atoms with Gasteiger partial charge in [-0.1, -0.05) is 6.92 Å². The number of anilines is 1. The minimum absolute atomic E-state index is 0.669. The van der Waals surface area contributed by atoms with Crippen LogP contribution in [0.2, 0.25) is 0 Å². The Morgan fingerprint density at radius 1 is 1.29 bits per heavy atom. The van der Waals surface area contributed by atoms with Crippen molar-refractivity contribution in [2.45, 2.75) is 13.3 Å². The molecule has 0 spiro atoms. The van der Waals surface area contributed by atoms with Gasteiger partial charge in [-0.25, -0.2) is 4.99 Å². The van der Waals surface area contributed by atoms with Crippen LogP contribution >= 0.6 is 0 Å². The van der Waals surface area contributed by atoms with E-state index in [1.807, 2.05) is 45.3 Å². The number of hydrogen-bond donors (Lipinski definition) is 1. The smallest absolute Gasteiger partial charge is 0.0993 e. The Morgan fingerprint density at radius 3 is 2.29 bits per heavy atom. The lowest BCUT2D eigenvalue weighted by Gasteiger charge is -2.11. The zero-order valence-corrected chi connectivity index (χ0v) is 8.99. The highest BCUT2D eigenvalue weighted by Crippen LogP contribution is 2.17. The van der Waals surface area contributed by atoms with E-state index in [1.54, 1.807) is 0 Å². The van der Waals surface area contributed by atoms with Crippen molar-refractivity contribution in [3.05, 3.63) is 24.3 Å². The Kier molecular flexibility index (Phi) is 3.51. The maximum Gasteiger partial charge on any atom is 0.0993 e. The van der Waals surface area contributed by atoms with Crippen molar-refractivity contribution >= 4 is 17.2 Å². The zero-order valence-electron chi connectivity index (χ0n) is 8.99. The van der Waals surface area contributed by atoms with E-state index in [2.05, 4.69) is 9.89 Å². The number of benzene rings is 1. The van der Waals surface area contributed by atoms with Crippen LogP contribution in [0.25, 0.3) is 0 Å². The van der Waals surface area contributed by atoms with Crippen LogP contribution in [-0.4, -0.2) is 19.9 Å². The van der Waals surface area contributed by atoms with Gasteiger partial charge in [0.05, 0.1) is 11.5 Å². The fourth-order valence-electron chi connectivity index (χ4n) is 1.07. The van der Waals surface area contributed by atoms with Gasteiger partial charge in [-0.2, -0.15) is 0 Å². The molecule has 0 saturated carbocycles. The molecule has 3 heteroatoms. The monoisotopic (exact) mass is 191 g/mol. The van der Waals surface area contributed by atoms with E-state index >= 15 is 0 Å². The molecule has 0 unspecified atom stereocenters. The van der Waals surface area contributed by atoms with Crippen LogP contribution in [0.5, 0.6) is 0 Å². The van der Waals surface area contributed by atoms with E-state index in [1.165, 1.54) is 5.69 Å². The van der Waals surface area contributed by atoms with Crippen LogP contribution in [-0.2, 0) is 0 Å². The third-order valence-electron chi connectivity index (χ3n) is 2.00. The van der Waals surface area contributed by atoms with Gasteiger partial charge >= 0.3 is 0 Å². The number of amidine groups is 1. The van der Waals surface area contributed by atoms with Gasteiger partial charge in [0.2, 0.25) is 0 Å². The molecule has 0 bridgehead atoms. The van der Waals surface area contributed by atoms with Crippen molar-refractivity contribution in [2.75, 3.05) is 19.0 Å². The molecule has 0 aromatic heterocycles. The SMILES string of the molecule is CCC(N)=Nc1ccc(N(C)C)cc1. The number of nitrogens with two attached hydrogens (primary N) is 1. The third-order valence-corrected chi connectivity index (χ3v) is 2.00. The van der Waals surface area contributed by atoms with Crippen molar-refractivity contribution < 1.29 is 0 Å². The average Bonchev–Trinajstić information content (AvgIpc) is 2.18. The molecule has 2 N–H and O–H groups in total. The second kappa shape index (κ2) is 4.65. The maximum atomic E-state index is 5.64. The summed E-state index contributed by atoms with van der Waals surface area (Å²) >= 11 is 0. The maximum absolute atomic E-state index is 5.64. The Hall–Kier alpha value is -1.51. The molecule has 0 aliphatic rings. The quantitative estimate of drug-likeness (QED) is 0.587. The summed E-state index contributed by atoms with van der Waals surface area (Å²) in [6.07, 6.45) is 0.787. The molecule has 0 aliphatic heterocycles. The molecular weight excluding hydrogens is 174 g/mol. The first kappa shape index (κ1) is 10.6. The van der Waals surface area contributed by atoms with E-state index in [0.29, 0.717) is 5.84 Å². The number of rotatable bonds is 3. The second-order valence-corrected chi connectivity index (χ2v) is 3.37. The summed E-state index contributed by atoms with van der Waals surface area (Å²) in [5.74, 6) is 0.669. The number of aliphatic imine (C=N–C) groups is 1. The van der Waals surface area contributed by atoms with Gasteiger partial charge < -0.3 is 10.6 Å². The highest BCUT2D eigenvalue weighted by Gasteiger charge is 1.95. The first-order chi connectivity index (χ1) is 6.63. The molecule has 0 aliphatic carbocycles. The molecule has 3 nitrogen and oxygen atoms in total. The largest absolute Gasteiger partial charge is 0.387 e. The summed E-state index contributed by atoms with van der Waals surface area (Å²) in [6.45, 7) is 1.99. The molecule has 1 aromatic rings. The molecule has 76 valence electrons. The second-order valence-electron chi connectivity index (χ2n) is 3.37. The molecule has 0 radical (unpaired) electrons. The molecule has 14 heavy (non-hydrogen) atoms. The van der Waals surface area contributed by atoms with Crippen LogP contribution in [0, 0.1) is 0 Å². The summed E-state index contributed by atoms with van der Waals surface area (Å²) in [4.78, 5) is 6.31. The van der Waals surface area contributed by atoms with Crippen molar-refractivity contribution in [1.29, 1.82) is 0 Å². The van der Waals surface area contributed by atoms with Gasteiger partial charge in [-0.3, -0.25) is 0 Å². The normalized spacial score (nSPS) is 11.5. The van der Waals surface area contributed by atoms with Crippen molar-refractivity contribution in [1.82, 2.24) is 0 Å². The minimum Gasteiger partial charge on any atom is -0.387 e. The predicted octanol–water partition coefficient (Wildman–Crippen LogP) is 2.15. The van der Waals surface area contributed by atoms with Crippen LogP contribution in [0.1, 0.15) is 13.3 Å². The summed E-state index contributed by atoms with van der Waals surface area (Å²) < 4.78 is 0. The molecule has 0 atom stereocenters. The molecule has 1 aromatic carbocycles. The highest BCUT2D eigenvalue weighted by atomic mass is 15.1. The van der Waals surface area contributed by atoms with Crippen molar-refractivity contribution in [3.63, 3.8) is 0 Å². The fraction of sp³-hybridized carbons (Fsp3) is 0.364. The molecule has 1 rings (SSSR count). The molecular formula is C11H17N3. The third kappa shape index (κ3) is 2.76. The van der Waals surface area contributed by atoms with Gasteiger partial charge in [0, 0.05) is 26.2 Å². The summed E-state index contributed by atoms with van der Waals surface area (Å²) in [5, 5.41) is 0. The van der Waals surface area contributed by atoms with Gasteiger partial charge in [0.15, 0.2) is 0 Å². The Balaban J connectivity index is 2.84. The lowest BCUT2D eigenvalue weighted by molar-refractivity contribution is 1.13. The zero-order chi connectivity index (χ0) is 10.6. The Bertz CT molecular complexity index is 312.